The maximum atomic E-state index is 11.1. The van der Waals surface area contributed by atoms with Crippen molar-refractivity contribution < 1.29 is 9.72 Å². The van der Waals surface area contributed by atoms with Crippen molar-refractivity contribution in [3.8, 4) is 0 Å². The van der Waals surface area contributed by atoms with Crippen molar-refractivity contribution in [1.29, 1.82) is 0 Å². The Morgan fingerprint density at radius 2 is 2.11 bits per heavy atom. The van der Waals surface area contributed by atoms with E-state index in [2.05, 4.69) is 5.32 Å². The highest BCUT2D eigenvalue weighted by molar-refractivity contribution is 5.94. The second kappa shape index (κ2) is 5.69. The summed E-state index contributed by atoms with van der Waals surface area (Å²) < 4.78 is 0. The number of primary amides is 1. The van der Waals surface area contributed by atoms with Crippen molar-refractivity contribution in [3.63, 3.8) is 0 Å². The Kier molecular flexibility index (Phi) is 3.99. The summed E-state index contributed by atoms with van der Waals surface area (Å²) in [5.41, 5.74) is 5.81. The quantitative estimate of drug-likeness (QED) is 0.629. The minimum absolute atomic E-state index is 0.0250. The standard InChI is InChI=1S/C13H17N3O3/c14-13(17)10-5-6-12(16(18)19)11(7-10)15-8-9-3-1-2-4-9/h5-7,9,15H,1-4,8H2,(H2,14,17). The summed E-state index contributed by atoms with van der Waals surface area (Å²) in [6, 6.07) is 4.15. The Hall–Kier alpha value is -2.11. The number of carbonyl (C=O) groups excluding carboxylic acids is 1. The Balaban J connectivity index is 2.16. The molecule has 0 atom stereocenters. The number of hydrogen-bond donors (Lipinski definition) is 2. The third-order valence-electron chi connectivity index (χ3n) is 3.53. The van der Waals surface area contributed by atoms with Gasteiger partial charge in [0, 0.05) is 18.2 Å². The van der Waals surface area contributed by atoms with Gasteiger partial charge >= 0.3 is 0 Å². The van der Waals surface area contributed by atoms with Crippen molar-refractivity contribution in [2.24, 2.45) is 11.7 Å². The molecule has 0 bridgehead atoms. The van der Waals surface area contributed by atoms with Gasteiger partial charge < -0.3 is 11.1 Å². The number of nitro benzene ring substituents is 1. The molecule has 0 aromatic heterocycles. The summed E-state index contributed by atoms with van der Waals surface area (Å²) in [4.78, 5) is 21.6. The Morgan fingerprint density at radius 1 is 1.42 bits per heavy atom. The van der Waals surface area contributed by atoms with Crippen LogP contribution in [0.5, 0.6) is 0 Å². The summed E-state index contributed by atoms with van der Waals surface area (Å²) in [5, 5.41) is 14.0. The Labute approximate surface area is 111 Å². The smallest absolute Gasteiger partial charge is 0.292 e. The minimum Gasteiger partial charge on any atom is -0.379 e. The zero-order valence-corrected chi connectivity index (χ0v) is 10.6. The van der Waals surface area contributed by atoms with Crippen molar-refractivity contribution in [3.05, 3.63) is 33.9 Å². The highest BCUT2D eigenvalue weighted by Gasteiger charge is 2.19. The lowest BCUT2D eigenvalue weighted by atomic mass is 10.1. The van der Waals surface area contributed by atoms with E-state index in [1.807, 2.05) is 0 Å². The molecule has 0 unspecified atom stereocenters. The van der Waals surface area contributed by atoms with Crippen molar-refractivity contribution in [1.82, 2.24) is 0 Å². The van der Waals surface area contributed by atoms with Gasteiger partial charge in [-0.2, -0.15) is 0 Å². The van der Waals surface area contributed by atoms with Gasteiger partial charge in [0.15, 0.2) is 0 Å². The van der Waals surface area contributed by atoms with Crippen LogP contribution in [-0.4, -0.2) is 17.4 Å². The lowest BCUT2D eigenvalue weighted by molar-refractivity contribution is -0.384. The molecule has 102 valence electrons. The first-order valence-electron chi connectivity index (χ1n) is 6.40. The molecule has 0 aliphatic heterocycles. The fourth-order valence-corrected chi connectivity index (χ4v) is 2.46. The van der Waals surface area contributed by atoms with Gasteiger partial charge in [-0.05, 0) is 30.9 Å². The molecule has 1 fully saturated rings. The second-order valence-corrected chi connectivity index (χ2v) is 4.88. The molecular formula is C13H17N3O3. The maximum Gasteiger partial charge on any atom is 0.292 e. The van der Waals surface area contributed by atoms with E-state index >= 15 is 0 Å². The van der Waals surface area contributed by atoms with Gasteiger partial charge in [0.05, 0.1) is 4.92 Å². The number of anilines is 1. The van der Waals surface area contributed by atoms with Crippen LogP contribution in [0.4, 0.5) is 11.4 Å². The summed E-state index contributed by atoms with van der Waals surface area (Å²) in [6.07, 6.45) is 4.73. The number of benzene rings is 1. The molecule has 19 heavy (non-hydrogen) atoms. The van der Waals surface area contributed by atoms with E-state index < -0.39 is 10.8 Å². The summed E-state index contributed by atoms with van der Waals surface area (Å²) in [7, 11) is 0. The van der Waals surface area contributed by atoms with Gasteiger partial charge in [0.25, 0.3) is 5.69 Å². The van der Waals surface area contributed by atoms with E-state index in [9.17, 15) is 14.9 Å². The van der Waals surface area contributed by atoms with E-state index in [0.29, 0.717) is 18.2 Å². The number of nitrogens with zero attached hydrogens (tertiary/aromatic N) is 1. The average Bonchev–Trinajstić information content (AvgIpc) is 2.88. The van der Waals surface area contributed by atoms with Crippen LogP contribution in [0.3, 0.4) is 0 Å². The van der Waals surface area contributed by atoms with Gasteiger partial charge in [-0.3, -0.25) is 14.9 Å². The molecule has 1 saturated carbocycles. The first-order chi connectivity index (χ1) is 9.08. The fourth-order valence-electron chi connectivity index (χ4n) is 2.46. The predicted molar refractivity (Wildman–Crippen MR) is 72.1 cm³/mol. The highest BCUT2D eigenvalue weighted by Crippen LogP contribution is 2.28. The SMILES string of the molecule is NC(=O)c1ccc([N+](=O)[O-])c(NCC2CCCC2)c1. The van der Waals surface area contributed by atoms with Crippen LogP contribution in [0.1, 0.15) is 36.0 Å². The van der Waals surface area contributed by atoms with Gasteiger partial charge in [-0.15, -0.1) is 0 Å². The molecule has 6 heteroatoms. The van der Waals surface area contributed by atoms with E-state index in [-0.39, 0.29) is 11.3 Å². The molecule has 1 aliphatic carbocycles. The number of rotatable bonds is 5. The third-order valence-corrected chi connectivity index (χ3v) is 3.53. The first-order valence-corrected chi connectivity index (χ1v) is 6.40. The molecular weight excluding hydrogens is 246 g/mol. The molecule has 1 amide bonds. The largest absolute Gasteiger partial charge is 0.379 e. The van der Waals surface area contributed by atoms with Crippen LogP contribution in [0, 0.1) is 16.0 Å². The normalized spacial score (nSPS) is 15.4. The fraction of sp³-hybridized carbons (Fsp3) is 0.462. The van der Waals surface area contributed by atoms with E-state index in [1.54, 1.807) is 0 Å². The van der Waals surface area contributed by atoms with Crippen LogP contribution in [0.25, 0.3) is 0 Å². The maximum absolute atomic E-state index is 11.1. The lowest BCUT2D eigenvalue weighted by Crippen LogP contribution is -2.15. The number of amides is 1. The molecule has 1 aromatic carbocycles. The second-order valence-electron chi connectivity index (χ2n) is 4.88. The molecule has 6 nitrogen and oxygen atoms in total. The number of nitrogens with two attached hydrogens (primary N) is 1. The summed E-state index contributed by atoms with van der Waals surface area (Å²) in [6.45, 7) is 0.697. The summed E-state index contributed by atoms with van der Waals surface area (Å²) >= 11 is 0. The van der Waals surface area contributed by atoms with Crippen LogP contribution < -0.4 is 11.1 Å². The van der Waals surface area contributed by atoms with Crippen LogP contribution in [-0.2, 0) is 0 Å². The van der Waals surface area contributed by atoms with Gasteiger partial charge in [-0.25, -0.2) is 0 Å². The zero-order chi connectivity index (χ0) is 13.8. The van der Waals surface area contributed by atoms with Crippen molar-refractivity contribution >= 4 is 17.3 Å². The predicted octanol–water partition coefficient (Wildman–Crippen LogP) is 2.30. The van der Waals surface area contributed by atoms with Crippen LogP contribution in [0.15, 0.2) is 18.2 Å². The zero-order valence-electron chi connectivity index (χ0n) is 10.6. The Morgan fingerprint density at radius 3 is 2.68 bits per heavy atom. The molecule has 0 heterocycles. The molecule has 0 radical (unpaired) electrons. The van der Waals surface area contributed by atoms with E-state index in [1.165, 1.54) is 31.0 Å². The van der Waals surface area contributed by atoms with Gasteiger partial charge in [0.1, 0.15) is 5.69 Å². The topological polar surface area (TPSA) is 98.3 Å². The molecule has 0 spiro atoms. The van der Waals surface area contributed by atoms with E-state index in [0.717, 1.165) is 12.8 Å². The minimum atomic E-state index is -0.584. The molecule has 1 aromatic rings. The third kappa shape index (κ3) is 3.21. The molecule has 0 saturated heterocycles. The average molecular weight is 263 g/mol. The number of carbonyl (C=O) groups is 1. The van der Waals surface area contributed by atoms with Crippen LogP contribution >= 0.6 is 0 Å². The van der Waals surface area contributed by atoms with Gasteiger partial charge in [0.2, 0.25) is 5.91 Å². The Bertz CT molecular complexity index is 496. The van der Waals surface area contributed by atoms with Crippen molar-refractivity contribution in [2.75, 3.05) is 11.9 Å². The number of nitrogens with one attached hydrogen (secondary N) is 1. The van der Waals surface area contributed by atoms with Crippen LogP contribution in [0.2, 0.25) is 0 Å². The van der Waals surface area contributed by atoms with Gasteiger partial charge in [-0.1, -0.05) is 12.8 Å². The molecule has 2 rings (SSSR count). The monoisotopic (exact) mass is 263 g/mol. The summed E-state index contributed by atoms with van der Waals surface area (Å²) in [5.74, 6) is -0.0318. The molecule has 1 aliphatic rings. The van der Waals surface area contributed by atoms with Crippen molar-refractivity contribution in [2.45, 2.75) is 25.7 Å². The highest BCUT2D eigenvalue weighted by atomic mass is 16.6. The first kappa shape index (κ1) is 13.3. The molecule has 3 N–H and O–H groups in total. The van der Waals surface area contributed by atoms with E-state index in [4.69, 9.17) is 5.73 Å². The number of hydrogen-bond acceptors (Lipinski definition) is 4. The number of nitro groups is 1. The lowest BCUT2D eigenvalue weighted by Gasteiger charge is -2.12.